The smallest absolute Gasteiger partial charge is 0.223 e. The Balaban J connectivity index is 0.000000290. The van der Waals surface area contributed by atoms with Crippen molar-refractivity contribution in [2.75, 3.05) is 38.2 Å². The van der Waals surface area contributed by atoms with Crippen LogP contribution in [0.25, 0.3) is 0 Å². The van der Waals surface area contributed by atoms with E-state index in [1.807, 2.05) is 36.1 Å². The van der Waals surface area contributed by atoms with Gasteiger partial charge in [-0.15, -0.1) is 11.3 Å². The molecule has 1 aliphatic rings. The fourth-order valence-electron chi connectivity index (χ4n) is 4.19. The van der Waals surface area contributed by atoms with E-state index in [2.05, 4.69) is 20.6 Å². The Morgan fingerprint density at radius 2 is 1.73 bits per heavy atom. The molecule has 0 bridgehead atoms. The molecule has 2 heterocycles. The van der Waals surface area contributed by atoms with E-state index in [0.717, 1.165) is 87.4 Å². The summed E-state index contributed by atoms with van der Waals surface area (Å²) in [6, 6.07) is 7.76. The number of unbranched alkanes of at least 4 members (excludes halogenated alkanes) is 3. The van der Waals surface area contributed by atoms with Crippen molar-refractivity contribution in [2.45, 2.75) is 72.1 Å². The van der Waals surface area contributed by atoms with Crippen LogP contribution in [0.5, 0.6) is 0 Å². The fraction of sp³-hybridized carbons (Fsp3) is 0.552. The number of benzene rings is 1. The first-order valence-corrected chi connectivity index (χ1v) is 15.0. The largest absolute Gasteiger partial charge is 0.380 e. The molecule has 1 aromatic carbocycles. The van der Waals surface area contributed by atoms with Crippen molar-refractivity contribution in [1.29, 1.82) is 0 Å². The molecule has 0 radical (unpaired) electrons. The lowest BCUT2D eigenvalue weighted by atomic mass is 10.1. The Kier molecular flexibility index (Phi) is 15.4. The Labute approximate surface area is 247 Å². The second kappa shape index (κ2) is 18.8. The maximum absolute atomic E-state index is 11.9. The lowest BCUT2D eigenvalue weighted by Gasteiger charge is -2.19. The number of aryl methyl sites for hydroxylation is 3. The van der Waals surface area contributed by atoms with Crippen molar-refractivity contribution in [3.63, 3.8) is 0 Å². The van der Waals surface area contributed by atoms with Gasteiger partial charge in [0.15, 0.2) is 11.1 Å². The Hall–Kier alpha value is -3.51. The minimum atomic E-state index is -0.101. The molecule has 6 N–H and O–H groups in total. The van der Waals surface area contributed by atoms with E-state index in [1.54, 1.807) is 0 Å². The average molecular weight is 588 g/mol. The van der Waals surface area contributed by atoms with Gasteiger partial charge in [0.05, 0.1) is 18.0 Å². The van der Waals surface area contributed by atoms with Gasteiger partial charge in [0.2, 0.25) is 17.7 Å². The molecule has 1 saturated heterocycles. The number of ether oxygens (including phenoxy) is 1. The van der Waals surface area contributed by atoms with Crippen LogP contribution in [0.4, 0.5) is 10.8 Å². The highest BCUT2D eigenvalue weighted by atomic mass is 32.1. The van der Waals surface area contributed by atoms with E-state index in [9.17, 15) is 14.4 Å². The molecule has 226 valence electrons. The molecule has 3 rings (SSSR count). The van der Waals surface area contributed by atoms with Crippen LogP contribution in [-0.2, 0) is 32.0 Å². The van der Waals surface area contributed by atoms with Crippen molar-refractivity contribution < 1.29 is 19.1 Å². The van der Waals surface area contributed by atoms with Crippen LogP contribution < -0.4 is 22.1 Å². The molecule has 1 aliphatic heterocycles. The zero-order valence-corrected chi connectivity index (χ0v) is 25.4. The van der Waals surface area contributed by atoms with Gasteiger partial charge in [-0.1, -0.05) is 25.0 Å². The zero-order valence-electron chi connectivity index (χ0n) is 24.5. The molecule has 3 amide bonds. The van der Waals surface area contributed by atoms with Gasteiger partial charge in [-0.25, -0.2) is 9.98 Å². The summed E-state index contributed by atoms with van der Waals surface area (Å²) in [6.07, 6.45) is 7.33. The molecule has 2 aromatic rings. The summed E-state index contributed by atoms with van der Waals surface area (Å²) in [6.45, 7) is 8.78. The number of carbonyl (C=O) groups is 3. The molecule has 12 heteroatoms. The van der Waals surface area contributed by atoms with Gasteiger partial charge in [0, 0.05) is 51.4 Å². The third kappa shape index (κ3) is 14.6. The van der Waals surface area contributed by atoms with Crippen LogP contribution in [0.3, 0.4) is 0 Å². The van der Waals surface area contributed by atoms with E-state index < -0.39 is 0 Å². The van der Waals surface area contributed by atoms with Crippen LogP contribution >= 0.6 is 11.3 Å². The number of thiazole rings is 1. The number of nitrogens with two attached hydrogens (primary N) is 2. The minimum Gasteiger partial charge on any atom is -0.380 e. The van der Waals surface area contributed by atoms with Crippen molar-refractivity contribution in [2.24, 2.45) is 16.5 Å². The molecule has 0 spiro atoms. The first-order chi connectivity index (χ1) is 19.6. The van der Waals surface area contributed by atoms with Gasteiger partial charge in [-0.05, 0) is 56.7 Å². The van der Waals surface area contributed by atoms with Gasteiger partial charge in [0.1, 0.15) is 0 Å². The number of nitrogens with one attached hydrogen (secondary N) is 2. The monoisotopic (exact) mass is 587 g/mol. The van der Waals surface area contributed by atoms with Crippen molar-refractivity contribution in [3.8, 4) is 0 Å². The summed E-state index contributed by atoms with van der Waals surface area (Å²) in [7, 11) is 0. The van der Waals surface area contributed by atoms with E-state index in [4.69, 9.17) is 16.2 Å². The fourth-order valence-corrected chi connectivity index (χ4v) is 5.09. The zero-order chi connectivity index (χ0) is 30.0. The lowest BCUT2D eigenvalue weighted by Crippen LogP contribution is -2.32. The molecule has 1 aromatic heterocycles. The summed E-state index contributed by atoms with van der Waals surface area (Å²) < 4.78 is 5.34. The van der Waals surface area contributed by atoms with E-state index in [0.29, 0.717) is 18.2 Å². The number of nitrogens with zero attached hydrogens (tertiary/aromatic N) is 3. The number of aromatic nitrogens is 1. The summed E-state index contributed by atoms with van der Waals surface area (Å²) >= 11 is 1.50. The van der Waals surface area contributed by atoms with Gasteiger partial charge in [0.25, 0.3) is 0 Å². The van der Waals surface area contributed by atoms with Gasteiger partial charge >= 0.3 is 0 Å². The molecule has 11 nitrogen and oxygen atoms in total. The maximum Gasteiger partial charge on any atom is 0.223 e. The number of carbonyl (C=O) groups excluding carboxylic acids is 3. The number of rotatable bonds is 12. The van der Waals surface area contributed by atoms with Crippen molar-refractivity contribution in [1.82, 2.24) is 15.2 Å². The topological polar surface area (TPSA) is 165 Å². The van der Waals surface area contributed by atoms with Crippen molar-refractivity contribution in [3.05, 3.63) is 40.4 Å². The molecule has 0 unspecified atom stereocenters. The van der Waals surface area contributed by atoms with Crippen LogP contribution in [0.15, 0.2) is 29.3 Å². The molecule has 1 fully saturated rings. The van der Waals surface area contributed by atoms with Gasteiger partial charge in [-0.2, -0.15) is 0 Å². The Morgan fingerprint density at radius 1 is 1.00 bits per heavy atom. The quantitative estimate of drug-likeness (QED) is 0.168. The van der Waals surface area contributed by atoms with E-state index in [-0.39, 0.29) is 23.7 Å². The molecular formula is C29H45N7O4S. The highest BCUT2D eigenvalue weighted by Gasteiger charge is 2.14. The molecule has 0 aliphatic carbocycles. The number of aliphatic imine (C=N–C) groups is 1. The van der Waals surface area contributed by atoms with Gasteiger partial charge < -0.3 is 31.7 Å². The molecule has 0 saturated carbocycles. The summed E-state index contributed by atoms with van der Waals surface area (Å²) in [4.78, 5) is 45.1. The van der Waals surface area contributed by atoms with Crippen LogP contribution in [0.1, 0.15) is 68.5 Å². The highest BCUT2D eigenvalue weighted by Crippen LogP contribution is 2.23. The van der Waals surface area contributed by atoms with Gasteiger partial charge in [-0.3, -0.25) is 14.4 Å². The number of hydrogen-bond donors (Lipinski definition) is 4. The van der Waals surface area contributed by atoms with E-state index >= 15 is 0 Å². The summed E-state index contributed by atoms with van der Waals surface area (Å²) in [5.41, 5.74) is 13.6. The normalized spacial score (nSPS) is 12.9. The van der Waals surface area contributed by atoms with Crippen LogP contribution in [0, 0.1) is 6.92 Å². The second-order valence-corrected chi connectivity index (χ2v) is 11.1. The van der Waals surface area contributed by atoms with Crippen LogP contribution in [0.2, 0.25) is 0 Å². The van der Waals surface area contributed by atoms with Crippen LogP contribution in [-0.4, -0.2) is 66.4 Å². The first kappa shape index (κ1) is 33.7. The van der Waals surface area contributed by atoms with E-state index in [1.165, 1.54) is 30.7 Å². The Bertz CT molecular complexity index is 1120. The summed E-state index contributed by atoms with van der Waals surface area (Å²) in [5, 5.41) is 6.15. The third-order valence-corrected chi connectivity index (χ3v) is 7.22. The number of amides is 3. The molecule has 0 atom stereocenters. The second-order valence-electron chi connectivity index (χ2n) is 9.90. The Morgan fingerprint density at radius 3 is 2.41 bits per heavy atom. The first-order valence-electron chi connectivity index (χ1n) is 14.2. The maximum atomic E-state index is 11.9. The predicted octanol–water partition coefficient (Wildman–Crippen LogP) is 3.42. The predicted molar refractivity (Wildman–Crippen MR) is 164 cm³/mol. The SMILES string of the molecule is CC(=O)NCCCCCCC(=O)N1CCCOCC1.CC(=O)Nc1nc(CCc2ccc(N=C(N)N)cc2)c(C)s1. The number of hydrogen-bond acceptors (Lipinski definition) is 7. The average Bonchev–Trinajstić information content (AvgIpc) is 3.08. The number of anilines is 1. The standard InChI is InChI=1S/C15H19N5OS.C14H26N2O3/c1-9-13(20-15(22-9)18-10(2)21)8-5-11-3-6-12(7-4-11)19-14(16)17;1-13(17)15-8-5-3-2-4-7-14(18)16-9-6-11-19-12-10-16/h3-4,6-7H,5,8H2,1-2H3,(H4,16,17,19)(H,18,20,21);2-12H2,1H3,(H,15,17). The highest BCUT2D eigenvalue weighted by molar-refractivity contribution is 7.15. The molecular weight excluding hydrogens is 542 g/mol. The number of guanidine groups is 1. The third-order valence-electron chi connectivity index (χ3n) is 6.29. The lowest BCUT2D eigenvalue weighted by molar-refractivity contribution is -0.131. The van der Waals surface area contributed by atoms with Crippen molar-refractivity contribution >= 4 is 45.8 Å². The minimum absolute atomic E-state index is 0.0264. The summed E-state index contributed by atoms with van der Waals surface area (Å²) in [5.74, 6) is 0.234. The molecule has 41 heavy (non-hydrogen) atoms.